The number of anilines is 3. The molecule has 0 unspecified atom stereocenters. The number of alkyl halides is 3. The van der Waals surface area contributed by atoms with Crippen molar-refractivity contribution in [2.45, 2.75) is 32.4 Å². The third-order valence-electron chi connectivity index (χ3n) is 5.14. The lowest BCUT2D eigenvalue weighted by Crippen LogP contribution is -2.38. The fourth-order valence-corrected chi connectivity index (χ4v) is 3.81. The van der Waals surface area contributed by atoms with Crippen molar-refractivity contribution in [3.63, 3.8) is 0 Å². The highest BCUT2D eigenvalue weighted by Gasteiger charge is 2.33. The van der Waals surface area contributed by atoms with Crippen molar-refractivity contribution < 1.29 is 22.8 Å². The molecule has 0 spiro atoms. The molecule has 2 aromatic rings. The first-order valence-corrected chi connectivity index (χ1v) is 10.7. The predicted octanol–water partition coefficient (Wildman–Crippen LogP) is 5.61. The van der Waals surface area contributed by atoms with Crippen LogP contribution < -0.4 is 15.5 Å². The number of nitrogens with one attached hydrogen (secondary N) is 2. The summed E-state index contributed by atoms with van der Waals surface area (Å²) in [6.07, 6.45) is -2.51. The van der Waals surface area contributed by atoms with Crippen LogP contribution in [0.5, 0.6) is 0 Å². The highest BCUT2D eigenvalue weighted by Crippen LogP contribution is 2.35. The van der Waals surface area contributed by atoms with Crippen molar-refractivity contribution in [2.75, 3.05) is 28.6 Å². The molecule has 0 atom stereocenters. The molecule has 0 bridgehead atoms. The molecule has 2 amide bonds. The van der Waals surface area contributed by atoms with E-state index in [9.17, 15) is 22.8 Å². The van der Waals surface area contributed by atoms with E-state index in [0.717, 1.165) is 12.3 Å². The molecule has 2 heterocycles. The second kappa shape index (κ2) is 9.95. The van der Waals surface area contributed by atoms with Gasteiger partial charge in [0, 0.05) is 37.3 Å². The van der Waals surface area contributed by atoms with Crippen LogP contribution in [0.4, 0.5) is 30.4 Å². The molecule has 1 saturated heterocycles. The van der Waals surface area contributed by atoms with Crippen molar-refractivity contribution in [3.8, 4) is 0 Å². The average molecular weight is 489 g/mol. The molecular formula is C21H21Cl2F3N4O2. The third kappa shape index (κ3) is 5.83. The molecule has 1 fully saturated rings. The lowest BCUT2D eigenvalue weighted by atomic mass is 9.95. The smallest absolute Gasteiger partial charge is 0.355 e. The van der Waals surface area contributed by atoms with Crippen LogP contribution in [0.2, 0.25) is 10.0 Å². The zero-order valence-corrected chi connectivity index (χ0v) is 18.6. The Labute approximate surface area is 193 Å². The Morgan fingerprint density at radius 3 is 2.41 bits per heavy atom. The van der Waals surface area contributed by atoms with Crippen LogP contribution in [0.25, 0.3) is 0 Å². The molecule has 32 heavy (non-hydrogen) atoms. The summed E-state index contributed by atoms with van der Waals surface area (Å²) in [6, 6.07) is 5.68. The van der Waals surface area contributed by atoms with Crippen LogP contribution >= 0.6 is 23.2 Å². The number of rotatable bonds is 5. The van der Waals surface area contributed by atoms with Gasteiger partial charge in [-0.3, -0.25) is 9.59 Å². The lowest BCUT2D eigenvalue weighted by Gasteiger charge is -2.32. The molecular weight excluding hydrogens is 468 g/mol. The first-order chi connectivity index (χ1) is 15.1. The van der Waals surface area contributed by atoms with Crippen LogP contribution in [0, 0.1) is 5.92 Å². The number of benzene rings is 1. The number of nitrogens with zero attached hydrogens (tertiary/aromatic N) is 2. The van der Waals surface area contributed by atoms with Gasteiger partial charge in [-0.25, -0.2) is 4.98 Å². The monoisotopic (exact) mass is 488 g/mol. The van der Waals surface area contributed by atoms with Crippen LogP contribution in [-0.2, 0) is 15.8 Å². The Balaban J connectivity index is 1.62. The standard InChI is InChI=1S/C21H21Cl2F3N4O2/c1-2-18(31)28-14-3-4-15(22)17(10-14)29-20(32)12-5-7-30(8-6-12)19-16(23)9-13(11-27-19)21(24,25)26/h3-4,9-12H,2,5-8H2,1H3,(H,28,31)(H,29,32). The summed E-state index contributed by atoms with van der Waals surface area (Å²) in [4.78, 5) is 30.0. The second-order valence-electron chi connectivity index (χ2n) is 7.37. The largest absolute Gasteiger partial charge is 0.417 e. The molecule has 6 nitrogen and oxygen atoms in total. The van der Waals surface area contributed by atoms with Crippen molar-refractivity contribution in [1.82, 2.24) is 4.98 Å². The van der Waals surface area contributed by atoms with E-state index in [1.165, 1.54) is 0 Å². The molecule has 1 aromatic heterocycles. The van der Waals surface area contributed by atoms with Gasteiger partial charge in [0.15, 0.2) is 0 Å². The number of pyridine rings is 1. The molecule has 3 rings (SSSR count). The van der Waals surface area contributed by atoms with E-state index in [2.05, 4.69) is 15.6 Å². The van der Waals surface area contributed by atoms with Crippen molar-refractivity contribution >= 4 is 52.2 Å². The number of carbonyl (C=O) groups excluding carboxylic acids is 2. The number of hydrogen-bond acceptors (Lipinski definition) is 4. The van der Waals surface area contributed by atoms with Crippen LogP contribution in [0.3, 0.4) is 0 Å². The molecule has 2 N–H and O–H groups in total. The summed E-state index contributed by atoms with van der Waals surface area (Å²) >= 11 is 12.2. The van der Waals surface area contributed by atoms with Crippen molar-refractivity contribution in [3.05, 3.63) is 46.1 Å². The van der Waals surface area contributed by atoms with E-state index in [0.29, 0.717) is 48.7 Å². The summed E-state index contributed by atoms with van der Waals surface area (Å²) in [5, 5.41) is 5.76. The van der Waals surface area contributed by atoms with Gasteiger partial charge in [0.2, 0.25) is 11.8 Å². The lowest BCUT2D eigenvalue weighted by molar-refractivity contribution is -0.137. The Morgan fingerprint density at radius 2 is 1.81 bits per heavy atom. The highest BCUT2D eigenvalue weighted by molar-refractivity contribution is 6.34. The van der Waals surface area contributed by atoms with Gasteiger partial charge in [-0.05, 0) is 37.1 Å². The van der Waals surface area contributed by atoms with E-state index in [-0.39, 0.29) is 28.6 Å². The number of hydrogen-bond donors (Lipinski definition) is 2. The van der Waals surface area contributed by atoms with Crippen LogP contribution in [0.1, 0.15) is 31.7 Å². The van der Waals surface area contributed by atoms with Gasteiger partial charge in [0.1, 0.15) is 5.82 Å². The van der Waals surface area contributed by atoms with Crippen LogP contribution in [-0.4, -0.2) is 29.9 Å². The first kappa shape index (κ1) is 24.1. The Bertz CT molecular complexity index is 1010. The van der Waals surface area contributed by atoms with E-state index in [1.807, 2.05) is 0 Å². The fourth-order valence-electron chi connectivity index (χ4n) is 3.35. The molecule has 0 radical (unpaired) electrons. The zero-order chi connectivity index (χ0) is 23.5. The van der Waals surface area contributed by atoms with E-state index in [1.54, 1.807) is 30.0 Å². The summed E-state index contributed by atoms with van der Waals surface area (Å²) in [5.74, 6) is -0.435. The minimum absolute atomic E-state index is 0.0829. The van der Waals surface area contributed by atoms with Gasteiger partial charge in [-0.15, -0.1) is 0 Å². The Hall–Kier alpha value is -2.52. The molecule has 1 aromatic carbocycles. The molecule has 11 heteroatoms. The Morgan fingerprint density at radius 1 is 1.12 bits per heavy atom. The van der Waals surface area contributed by atoms with Crippen LogP contribution in [0.15, 0.2) is 30.5 Å². The molecule has 0 saturated carbocycles. The summed E-state index contributed by atoms with van der Waals surface area (Å²) in [7, 11) is 0. The summed E-state index contributed by atoms with van der Waals surface area (Å²) in [5.41, 5.74) is 0.00425. The summed E-state index contributed by atoms with van der Waals surface area (Å²) in [6.45, 7) is 2.56. The van der Waals surface area contributed by atoms with E-state index >= 15 is 0 Å². The number of aromatic nitrogens is 1. The van der Waals surface area contributed by atoms with Gasteiger partial charge < -0.3 is 15.5 Å². The van der Waals surface area contributed by atoms with Gasteiger partial charge in [-0.1, -0.05) is 30.1 Å². The molecule has 172 valence electrons. The van der Waals surface area contributed by atoms with Gasteiger partial charge >= 0.3 is 6.18 Å². The van der Waals surface area contributed by atoms with E-state index < -0.39 is 11.7 Å². The van der Waals surface area contributed by atoms with Crippen molar-refractivity contribution in [1.29, 1.82) is 0 Å². The van der Waals surface area contributed by atoms with E-state index in [4.69, 9.17) is 23.2 Å². The Kier molecular flexibility index (Phi) is 7.51. The predicted molar refractivity (Wildman–Crippen MR) is 118 cm³/mol. The number of piperidine rings is 1. The minimum Gasteiger partial charge on any atom is -0.355 e. The maximum Gasteiger partial charge on any atom is 0.417 e. The van der Waals surface area contributed by atoms with Gasteiger partial charge in [-0.2, -0.15) is 13.2 Å². The normalized spacial score (nSPS) is 14.9. The fraction of sp³-hybridized carbons (Fsp3) is 0.381. The summed E-state index contributed by atoms with van der Waals surface area (Å²) < 4.78 is 38.4. The average Bonchev–Trinajstić information content (AvgIpc) is 2.75. The topological polar surface area (TPSA) is 74.3 Å². The molecule has 0 aliphatic carbocycles. The van der Waals surface area contributed by atoms with Gasteiger partial charge in [0.25, 0.3) is 0 Å². The first-order valence-electron chi connectivity index (χ1n) is 9.96. The number of halogens is 5. The third-order valence-corrected chi connectivity index (χ3v) is 5.75. The number of amides is 2. The van der Waals surface area contributed by atoms with Crippen molar-refractivity contribution in [2.24, 2.45) is 5.92 Å². The second-order valence-corrected chi connectivity index (χ2v) is 8.19. The molecule has 1 aliphatic rings. The van der Waals surface area contributed by atoms with Gasteiger partial charge in [0.05, 0.1) is 21.3 Å². The number of carbonyl (C=O) groups is 2. The molecule has 1 aliphatic heterocycles. The highest BCUT2D eigenvalue weighted by atomic mass is 35.5. The zero-order valence-electron chi connectivity index (χ0n) is 17.1. The SMILES string of the molecule is CCC(=O)Nc1ccc(Cl)c(NC(=O)C2CCN(c3ncc(C(F)(F)F)cc3Cl)CC2)c1. The maximum atomic E-state index is 12.8. The minimum atomic E-state index is -4.52. The quantitative estimate of drug-likeness (QED) is 0.573. The maximum absolute atomic E-state index is 12.8.